The summed E-state index contributed by atoms with van der Waals surface area (Å²) in [6.45, 7) is 0.272. The zero-order chi connectivity index (χ0) is 28.2. The van der Waals surface area contributed by atoms with Gasteiger partial charge in [0.15, 0.2) is 11.6 Å². The standard InChI is InChI=1S/C28H25BF2N2O6S/c1-32-28(34)26-20-12-19(16-3-4-16)24(13-25(20)39-27(26)17-5-7-22(30)23(31)11-17)33-40(36,37)9-8-15-2-6-21-18(10-15)14-38-29(21)35/h2,5-7,10-13,16,33,35H,3-4,8-9,14H2,1H3,(H,32,34). The molecule has 206 valence electrons. The first-order valence-electron chi connectivity index (χ1n) is 12.8. The highest BCUT2D eigenvalue weighted by Crippen LogP contribution is 2.47. The minimum Gasteiger partial charge on any atom is -0.455 e. The van der Waals surface area contributed by atoms with Crippen molar-refractivity contribution in [1.82, 2.24) is 5.32 Å². The molecule has 1 saturated carbocycles. The smallest absolute Gasteiger partial charge is 0.455 e. The number of hydrogen-bond acceptors (Lipinski definition) is 6. The van der Waals surface area contributed by atoms with Crippen LogP contribution in [0.4, 0.5) is 14.5 Å². The van der Waals surface area contributed by atoms with Gasteiger partial charge in [-0.2, -0.15) is 0 Å². The van der Waals surface area contributed by atoms with E-state index in [0.717, 1.165) is 41.7 Å². The molecule has 40 heavy (non-hydrogen) atoms. The van der Waals surface area contributed by atoms with Crippen LogP contribution < -0.4 is 15.5 Å². The fraction of sp³-hybridized carbons (Fsp3) is 0.250. The van der Waals surface area contributed by atoms with Crippen molar-refractivity contribution in [3.8, 4) is 11.3 Å². The normalized spacial score (nSPS) is 14.9. The molecular weight excluding hydrogens is 541 g/mol. The molecule has 0 radical (unpaired) electrons. The molecule has 4 aromatic rings. The van der Waals surface area contributed by atoms with Gasteiger partial charge in [0, 0.05) is 24.1 Å². The fourth-order valence-electron chi connectivity index (χ4n) is 5.08. The van der Waals surface area contributed by atoms with E-state index in [1.807, 2.05) is 6.07 Å². The average Bonchev–Trinajstić information content (AvgIpc) is 3.62. The molecule has 0 saturated heterocycles. The Morgan fingerprint density at radius 2 is 1.90 bits per heavy atom. The number of carbonyl (C=O) groups is 1. The predicted octanol–water partition coefficient (Wildman–Crippen LogP) is 3.82. The molecule has 1 aromatic heterocycles. The Morgan fingerprint density at radius 3 is 2.62 bits per heavy atom. The van der Waals surface area contributed by atoms with Crippen molar-refractivity contribution >= 4 is 45.2 Å². The number of halogens is 2. The van der Waals surface area contributed by atoms with Crippen molar-refractivity contribution in [1.29, 1.82) is 0 Å². The molecule has 0 unspecified atom stereocenters. The SMILES string of the molecule is CNC(=O)c1c(-c2ccc(F)c(F)c2)oc2cc(NS(=O)(=O)CCc3ccc4c(c3)COB4O)c(C3CC3)cc12. The van der Waals surface area contributed by atoms with Gasteiger partial charge in [0.1, 0.15) is 11.3 Å². The lowest BCUT2D eigenvalue weighted by Crippen LogP contribution is -2.28. The summed E-state index contributed by atoms with van der Waals surface area (Å²) in [4.78, 5) is 12.9. The van der Waals surface area contributed by atoms with Crippen LogP contribution >= 0.6 is 0 Å². The van der Waals surface area contributed by atoms with Gasteiger partial charge in [-0.1, -0.05) is 18.2 Å². The Kier molecular flexibility index (Phi) is 6.64. The Hall–Kier alpha value is -3.74. The zero-order valence-electron chi connectivity index (χ0n) is 21.5. The molecular formula is C28H25BF2N2O6S. The van der Waals surface area contributed by atoms with Gasteiger partial charge >= 0.3 is 7.12 Å². The topological polar surface area (TPSA) is 118 Å². The molecule has 1 aliphatic carbocycles. The molecule has 1 aliphatic heterocycles. The summed E-state index contributed by atoms with van der Waals surface area (Å²) >= 11 is 0. The summed E-state index contributed by atoms with van der Waals surface area (Å²) < 4.78 is 67.8. The monoisotopic (exact) mass is 566 g/mol. The number of aryl methyl sites for hydroxylation is 1. The number of sulfonamides is 1. The third-order valence-corrected chi connectivity index (χ3v) is 8.58. The lowest BCUT2D eigenvalue weighted by atomic mass is 9.79. The van der Waals surface area contributed by atoms with E-state index < -0.39 is 34.7 Å². The van der Waals surface area contributed by atoms with Crippen molar-refractivity contribution in [3.63, 3.8) is 0 Å². The second-order valence-electron chi connectivity index (χ2n) is 10.1. The molecule has 2 aliphatic rings. The van der Waals surface area contributed by atoms with Crippen LogP contribution in [-0.2, 0) is 27.7 Å². The average molecular weight is 566 g/mol. The fourth-order valence-corrected chi connectivity index (χ4v) is 6.20. The maximum atomic E-state index is 14.0. The number of benzene rings is 3. The lowest BCUT2D eigenvalue weighted by molar-refractivity contribution is 0.0964. The highest BCUT2D eigenvalue weighted by Gasteiger charge is 2.31. The van der Waals surface area contributed by atoms with E-state index in [0.29, 0.717) is 16.5 Å². The van der Waals surface area contributed by atoms with Crippen molar-refractivity contribution in [2.75, 3.05) is 17.5 Å². The van der Waals surface area contributed by atoms with Crippen molar-refractivity contribution < 1.29 is 36.1 Å². The van der Waals surface area contributed by atoms with Crippen molar-refractivity contribution in [2.24, 2.45) is 0 Å². The third-order valence-electron chi connectivity index (χ3n) is 7.31. The second kappa shape index (κ2) is 10.0. The molecule has 2 heterocycles. The third kappa shape index (κ3) is 4.98. The van der Waals surface area contributed by atoms with Crippen LogP contribution in [0.2, 0.25) is 0 Å². The van der Waals surface area contributed by atoms with E-state index in [4.69, 9.17) is 9.07 Å². The highest BCUT2D eigenvalue weighted by atomic mass is 32.2. The maximum absolute atomic E-state index is 14.0. The van der Waals surface area contributed by atoms with Crippen LogP contribution in [0.1, 0.15) is 45.8 Å². The van der Waals surface area contributed by atoms with Crippen LogP contribution in [-0.4, -0.2) is 39.3 Å². The van der Waals surface area contributed by atoms with Gasteiger partial charge in [0.05, 0.1) is 23.6 Å². The van der Waals surface area contributed by atoms with Gasteiger partial charge in [0.25, 0.3) is 5.91 Å². The van der Waals surface area contributed by atoms with Crippen LogP contribution in [0.3, 0.4) is 0 Å². The van der Waals surface area contributed by atoms with Crippen LogP contribution in [0.15, 0.2) is 52.9 Å². The Morgan fingerprint density at radius 1 is 1.10 bits per heavy atom. The number of hydrogen-bond donors (Lipinski definition) is 3. The quantitative estimate of drug-likeness (QED) is 0.279. The van der Waals surface area contributed by atoms with E-state index in [-0.39, 0.29) is 47.2 Å². The number of carbonyl (C=O) groups excluding carboxylic acids is 1. The Bertz CT molecular complexity index is 1770. The van der Waals surface area contributed by atoms with Crippen LogP contribution in [0.25, 0.3) is 22.3 Å². The molecule has 1 amide bonds. The number of anilines is 1. The summed E-state index contributed by atoms with van der Waals surface area (Å²) in [5.74, 6) is -2.59. The summed E-state index contributed by atoms with van der Waals surface area (Å²) in [7, 11) is -3.29. The number of fused-ring (bicyclic) bond motifs is 2. The second-order valence-corrected chi connectivity index (χ2v) is 11.9. The number of amides is 1. The summed E-state index contributed by atoms with van der Waals surface area (Å²) in [5.41, 5.74) is 3.98. The summed E-state index contributed by atoms with van der Waals surface area (Å²) in [6.07, 6.45) is 1.99. The number of rotatable bonds is 8. The highest BCUT2D eigenvalue weighted by molar-refractivity contribution is 7.92. The van der Waals surface area contributed by atoms with Gasteiger partial charge in [-0.15, -0.1) is 0 Å². The summed E-state index contributed by atoms with van der Waals surface area (Å²) in [6, 6.07) is 11.9. The first-order valence-corrected chi connectivity index (χ1v) is 14.5. The van der Waals surface area contributed by atoms with Crippen LogP contribution in [0.5, 0.6) is 0 Å². The first kappa shape index (κ1) is 26.5. The van der Waals surface area contributed by atoms with E-state index >= 15 is 0 Å². The largest absolute Gasteiger partial charge is 0.491 e. The van der Waals surface area contributed by atoms with E-state index in [9.17, 15) is 27.0 Å². The first-order chi connectivity index (χ1) is 19.1. The van der Waals surface area contributed by atoms with Crippen LogP contribution in [0, 0.1) is 11.6 Å². The molecule has 6 rings (SSSR count). The molecule has 0 bridgehead atoms. The molecule has 3 N–H and O–H groups in total. The van der Waals surface area contributed by atoms with Gasteiger partial charge in [-0.3, -0.25) is 9.52 Å². The number of nitrogens with one attached hydrogen (secondary N) is 2. The van der Waals surface area contributed by atoms with Gasteiger partial charge < -0.3 is 19.4 Å². The molecule has 12 heteroatoms. The molecule has 0 spiro atoms. The lowest BCUT2D eigenvalue weighted by Gasteiger charge is -2.13. The number of furan rings is 1. The van der Waals surface area contributed by atoms with Gasteiger partial charge in [0.2, 0.25) is 10.0 Å². The minimum atomic E-state index is -3.78. The Labute approximate surface area is 229 Å². The van der Waals surface area contributed by atoms with Gasteiger partial charge in [-0.05, 0) is 71.6 Å². The zero-order valence-corrected chi connectivity index (χ0v) is 22.3. The maximum Gasteiger partial charge on any atom is 0.491 e. The minimum absolute atomic E-state index is 0.0562. The Balaban J connectivity index is 1.34. The predicted molar refractivity (Wildman–Crippen MR) is 147 cm³/mol. The van der Waals surface area contributed by atoms with E-state index in [2.05, 4.69) is 10.0 Å². The summed E-state index contributed by atoms with van der Waals surface area (Å²) in [5, 5.41) is 12.8. The molecule has 0 atom stereocenters. The van der Waals surface area contributed by atoms with Crippen molar-refractivity contribution in [2.45, 2.75) is 31.8 Å². The van der Waals surface area contributed by atoms with Gasteiger partial charge in [-0.25, -0.2) is 17.2 Å². The van der Waals surface area contributed by atoms with E-state index in [1.165, 1.54) is 13.1 Å². The van der Waals surface area contributed by atoms with E-state index in [1.54, 1.807) is 24.3 Å². The van der Waals surface area contributed by atoms with Crippen molar-refractivity contribution in [3.05, 3.63) is 82.4 Å². The molecule has 3 aromatic carbocycles. The molecule has 8 nitrogen and oxygen atoms in total. The molecule has 1 fully saturated rings.